The van der Waals surface area contributed by atoms with Crippen LogP contribution in [0.1, 0.15) is 23.2 Å². The van der Waals surface area contributed by atoms with Gasteiger partial charge in [-0.15, -0.1) is 0 Å². The lowest BCUT2D eigenvalue weighted by Crippen LogP contribution is -2.40. The van der Waals surface area contributed by atoms with Gasteiger partial charge in [0.05, 0.1) is 30.2 Å². The SMILES string of the molecule is Cn1cc(-c2cncc(C(=O)N[C@@H]3CC(Cn4ccnc4)C[C@H]3O)c2)cn1. The Bertz CT molecular complexity index is 920. The van der Waals surface area contributed by atoms with E-state index in [-0.39, 0.29) is 11.9 Å². The van der Waals surface area contributed by atoms with Crippen molar-refractivity contribution in [3.8, 4) is 11.1 Å². The molecule has 1 aliphatic carbocycles. The third-order valence-corrected chi connectivity index (χ3v) is 5.01. The minimum absolute atomic E-state index is 0.222. The normalized spacial score (nSPS) is 22.1. The minimum atomic E-state index is -0.545. The molecule has 3 aromatic heterocycles. The lowest BCUT2D eigenvalue weighted by Gasteiger charge is -2.16. The van der Waals surface area contributed by atoms with Crippen molar-refractivity contribution < 1.29 is 9.90 Å². The molecular formula is C19H22N6O2. The molecule has 1 aliphatic rings. The first kappa shape index (κ1) is 17.4. The molecule has 140 valence electrons. The highest BCUT2D eigenvalue weighted by atomic mass is 16.3. The van der Waals surface area contributed by atoms with E-state index in [4.69, 9.17) is 0 Å². The summed E-state index contributed by atoms with van der Waals surface area (Å²) in [5, 5.41) is 17.5. The monoisotopic (exact) mass is 366 g/mol. The number of aliphatic hydroxyl groups is 1. The van der Waals surface area contributed by atoms with Crippen molar-refractivity contribution in [2.24, 2.45) is 13.0 Å². The lowest BCUT2D eigenvalue weighted by atomic mass is 10.1. The second-order valence-corrected chi connectivity index (χ2v) is 7.11. The molecule has 1 saturated carbocycles. The van der Waals surface area contributed by atoms with Crippen molar-refractivity contribution in [3.63, 3.8) is 0 Å². The molecule has 0 aromatic carbocycles. The van der Waals surface area contributed by atoms with Crippen LogP contribution in [0.25, 0.3) is 11.1 Å². The number of nitrogens with zero attached hydrogens (tertiary/aromatic N) is 5. The Labute approximate surface area is 156 Å². The molecule has 0 bridgehead atoms. The van der Waals surface area contributed by atoms with Gasteiger partial charge >= 0.3 is 0 Å². The summed E-state index contributed by atoms with van der Waals surface area (Å²) in [5.74, 6) is 0.0833. The first-order valence-corrected chi connectivity index (χ1v) is 8.97. The Morgan fingerprint density at radius 3 is 2.89 bits per heavy atom. The number of carbonyl (C=O) groups excluding carboxylic acids is 1. The Hall–Kier alpha value is -3.00. The zero-order valence-corrected chi connectivity index (χ0v) is 15.1. The maximum Gasteiger partial charge on any atom is 0.253 e. The summed E-state index contributed by atoms with van der Waals surface area (Å²) in [6.07, 6.45) is 13.1. The quantitative estimate of drug-likeness (QED) is 0.708. The predicted molar refractivity (Wildman–Crippen MR) is 98.7 cm³/mol. The van der Waals surface area contributed by atoms with Crippen molar-refractivity contribution in [3.05, 3.63) is 55.1 Å². The summed E-state index contributed by atoms with van der Waals surface area (Å²) >= 11 is 0. The number of aliphatic hydroxyl groups excluding tert-OH is 1. The van der Waals surface area contributed by atoms with Crippen LogP contribution in [0.3, 0.4) is 0 Å². The van der Waals surface area contributed by atoms with Crippen LogP contribution in [0, 0.1) is 5.92 Å². The van der Waals surface area contributed by atoms with Crippen molar-refractivity contribution in [2.45, 2.75) is 31.5 Å². The van der Waals surface area contributed by atoms with E-state index in [9.17, 15) is 9.90 Å². The summed E-state index contributed by atoms with van der Waals surface area (Å²) in [4.78, 5) is 20.9. The molecule has 8 heteroatoms. The van der Waals surface area contributed by atoms with Gasteiger partial charge < -0.3 is 15.0 Å². The number of carbonyl (C=O) groups is 1. The average molecular weight is 366 g/mol. The molecule has 1 unspecified atom stereocenters. The highest BCUT2D eigenvalue weighted by Crippen LogP contribution is 2.28. The highest BCUT2D eigenvalue weighted by Gasteiger charge is 2.34. The Morgan fingerprint density at radius 1 is 1.26 bits per heavy atom. The van der Waals surface area contributed by atoms with Gasteiger partial charge in [-0.2, -0.15) is 5.10 Å². The van der Waals surface area contributed by atoms with E-state index in [0.717, 1.165) is 24.1 Å². The van der Waals surface area contributed by atoms with E-state index in [1.54, 1.807) is 41.9 Å². The lowest BCUT2D eigenvalue weighted by molar-refractivity contribution is 0.0872. The fraction of sp³-hybridized carbons (Fsp3) is 0.368. The van der Waals surface area contributed by atoms with Gasteiger partial charge in [0, 0.05) is 55.7 Å². The Morgan fingerprint density at radius 2 is 2.15 bits per heavy atom. The molecule has 0 spiro atoms. The van der Waals surface area contributed by atoms with Crippen LogP contribution in [0.15, 0.2) is 49.6 Å². The number of nitrogens with one attached hydrogen (secondary N) is 1. The molecule has 8 nitrogen and oxygen atoms in total. The summed E-state index contributed by atoms with van der Waals surface area (Å²) < 4.78 is 3.71. The van der Waals surface area contributed by atoms with E-state index in [0.29, 0.717) is 17.9 Å². The molecule has 3 heterocycles. The molecule has 2 N–H and O–H groups in total. The molecule has 0 aliphatic heterocycles. The van der Waals surface area contributed by atoms with E-state index < -0.39 is 6.10 Å². The van der Waals surface area contributed by atoms with Gasteiger partial charge in [-0.25, -0.2) is 4.98 Å². The third-order valence-electron chi connectivity index (χ3n) is 5.01. The van der Waals surface area contributed by atoms with Gasteiger partial charge in [-0.3, -0.25) is 14.5 Å². The number of aryl methyl sites for hydroxylation is 1. The van der Waals surface area contributed by atoms with Crippen LogP contribution in [0.4, 0.5) is 0 Å². The Kier molecular flexibility index (Phi) is 4.72. The van der Waals surface area contributed by atoms with Gasteiger partial charge in [-0.05, 0) is 24.8 Å². The van der Waals surface area contributed by atoms with Gasteiger partial charge in [-0.1, -0.05) is 0 Å². The van der Waals surface area contributed by atoms with E-state index in [1.165, 1.54) is 0 Å². The summed E-state index contributed by atoms with van der Waals surface area (Å²) in [6.45, 7) is 0.793. The molecule has 1 amide bonds. The van der Waals surface area contributed by atoms with Crippen molar-refractivity contribution in [2.75, 3.05) is 0 Å². The minimum Gasteiger partial charge on any atom is -0.391 e. The highest BCUT2D eigenvalue weighted by molar-refractivity contribution is 5.95. The number of amides is 1. The predicted octanol–water partition coefficient (Wildman–Crippen LogP) is 1.25. The number of hydrogen-bond donors (Lipinski definition) is 2. The first-order valence-electron chi connectivity index (χ1n) is 8.97. The standard InChI is InChI=1S/C19H22N6O2/c1-24-11-16(9-22-24)14-6-15(8-21-7-14)19(27)23-17-4-13(5-18(17)26)10-25-3-2-20-12-25/h2-3,6-9,11-13,17-18,26H,4-5,10H2,1H3,(H,23,27)/t13?,17-,18-/m1/s1. The molecular weight excluding hydrogens is 344 g/mol. The van der Waals surface area contributed by atoms with E-state index >= 15 is 0 Å². The van der Waals surface area contributed by atoms with Crippen LogP contribution in [-0.4, -0.2) is 47.5 Å². The molecule has 27 heavy (non-hydrogen) atoms. The first-order chi connectivity index (χ1) is 13.1. The molecule has 4 rings (SSSR count). The maximum atomic E-state index is 12.7. The van der Waals surface area contributed by atoms with Crippen LogP contribution in [0.5, 0.6) is 0 Å². The smallest absolute Gasteiger partial charge is 0.253 e. The molecule has 0 radical (unpaired) electrons. The van der Waals surface area contributed by atoms with Crippen LogP contribution < -0.4 is 5.32 Å². The number of aromatic nitrogens is 5. The fourth-order valence-electron chi connectivity index (χ4n) is 3.66. The average Bonchev–Trinajstić information content (AvgIpc) is 3.39. The van der Waals surface area contributed by atoms with E-state index in [2.05, 4.69) is 20.4 Å². The molecule has 1 fully saturated rings. The second kappa shape index (κ2) is 7.32. The summed E-state index contributed by atoms with van der Waals surface area (Å²) in [6, 6.07) is 1.54. The number of rotatable bonds is 5. The van der Waals surface area contributed by atoms with Gasteiger partial charge in [0.1, 0.15) is 0 Å². The van der Waals surface area contributed by atoms with Crippen LogP contribution >= 0.6 is 0 Å². The van der Waals surface area contributed by atoms with Crippen LogP contribution in [-0.2, 0) is 13.6 Å². The summed E-state index contributed by atoms with van der Waals surface area (Å²) in [5.41, 5.74) is 2.21. The molecule has 0 saturated heterocycles. The third kappa shape index (κ3) is 3.90. The maximum absolute atomic E-state index is 12.7. The van der Waals surface area contributed by atoms with Crippen molar-refractivity contribution in [1.82, 2.24) is 29.6 Å². The largest absolute Gasteiger partial charge is 0.391 e. The van der Waals surface area contributed by atoms with Crippen molar-refractivity contribution in [1.29, 1.82) is 0 Å². The fourth-order valence-corrected chi connectivity index (χ4v) is 3.66. The number of imidazole rings is 1. The van der Waals surface area contributed by atoms with Crippen molar-refractivity contribution >= 4 is 5.91 Å². The second-order valence-electron chi connectivity index (χ2n) is 7.11. The molecule has 3 aromatic rings. The number of hydrogen-bond acceptors (Lipinski definition) is 5. The van der Waals surface area contributed by atoms with E-state index in [1.807, 2.05) is 24.0 Å². The number of pyridine rings is 1. The van der Waals surface area contributed by atoms with Gasteiger partial charge in [0.15, 0.2) is 0 Å². The summed E-state index contributed by atoms with van der Waals surface area (Å²) in [7, 11) is 1.84. The topological polar surface area (TPSA) is 97.9 Å². The zero-order valence-electron chi connectivity index (χ0n) is 15.1. The zero-order chi connectivity index (χ0) is 18.8. The van der Waals surface area contributed by atoms with Gasteiger partial charge in [0.25, 0.3) is 5.91 Å². The van der Waals surface area contributed by atoms with Crippen LogP contribution in [0.2, 0.25) is 0 Å². The Balaban J connectivity index is 1.41. The molecule has 3 atom stereocenters. The van der Waals surface area contributed by atoms with Gasteiger partial charge in [0.2, 0.25) is 0 Å².